The molecule has 0 aliphatic carbocycles. The second-order valence-corrected chi connectivity index (χ2v) is 11.0. The van der Waals surface area contributed by atoms with Crippen molar-refractivity contribution >= 4 is 34.8 Å². The first kappa shape index (κ1) is 31.0. The van der Waals surface area contributed by atoms with Crippen LogP contribution in [-0.4, -0.2) is 45.6 Å². The molecule has 1 fully saturated rings. The maximum absolute atomic E-state index is 12.2. The summed E-state index contributed by atoms with van der Waals surface area (Å²) in [5.74, 6) is -0.101. The first-order chi connectivity index (χ1) is 18.0. The number of imide groups is 1. The van der Waals surface area contributed by atoms with Crippen LogP contribution in [0.3, 0.4) is 0 Å². The van der Waals surface area contributed by atoms with Crippen molar-refractivity contribution in [1.29, 1.82) is 0 Å². The van der Waals surface area contributed by atoms with Crippen LogP contribution in [-0.2, 0) is 27.2 Å². The van der Waals surface area contributed by atoms with E-state index in [1.54, 1.807) is 0 Å². The molecule has 2 aromatic rings. The number of carbonyl (C=O) groups excluding carboxylic acids is 3. The Hall–Kier alpha value is -2.53. The molecule has 0 aromatic heterocycles. The van der Waals surface area contributed by atoms with Crippen molar-refractivity contribution in [2.24, 2.45) is 0 Å². The van der Waals surface area contributed by atoms with E-state index in [9.17, 15) is 19.2 Å². The molecular formula is C28H30NNaO8S. The van der Waals surface area contributed by atoms with Gasteiger partial charge < -0.3 is 34.2 Å². The molecule has 0 radical (unpaired) electrons. The van der Waals surface area contributed by atoms with Gasteiger partial charge in [0.15, 0.2) is 0 Å². The summed E-state index contributed by atoms with van der Waals surface area (Å²) >= 11 is 0.957. The molecule has 2 heterocycles. The fourth-order valence-electron chi connectivity index (χ4n) is 4.57. The van der Waals surface area contributed by atoms with Crippen molar-refractivity contribution in [3.8, 4) is 17.2 Å². The van der Waals surface area contributed by atoms with Gasteiger partial charge in [-0.2, -0.15) is 0 Å². The Balaban J connectivity index is 0.00000420. The fraction of sp³-hybridized carbons (Fsp3) is 0.429. The molecule has 2 aliphatic heterocycles. The van der Waals surface area contributed by atoms with E-state index in [4.69, 9.17) is 19.3 Å². The minimum atomic E-state index is -1.04. The van der Waals surface area contributed by atoms with E-state index >= 15 is 0 Å². The van der Waals surface area contributed by atoms with Gasteiger partial charge in [-0.15, -0.1) is 0 Å². The summed E-state index contributed by atoms with van der Waals surface area (Å²) in [6, 6.07) is 7.43. The summed E-state index contributed by atoms with van der Waals surface area (Å²) in [7, 11) is 0. The molecule has 1 saturated heterocycles. The smallest absolute Gasteiger partial charge is 0.585 e. The molecule has 2 aliphatic rings. The number of carboxylic acids is 1. The Bertz CT molecular complexity index is 1300. The van der Waals surface area contributed by atoms with Gasteiger partial charge in [0, 0.05) is 5.56 Å². The average Bonchev–Trinajstić information content (AvgIpc) is 3.19. The zero-order valence-electron chi connectivity index (χ0n) is 22.8. The minimum Gasteiger partial charge on any atom is -0.585 e. The van der Waals surface area contributed by atoms with Crippen molar-refractivity contribution < 1.29 is 68.1 Å². The molecular weight excluding hydrogens is 533 g/mol. The Labute approximate surface area is 253 Å². The van der Waals surface area contributed by atoms with Gasteiger partial charge in [0.25, 0.3) is 0 Å². The van der Waals surface area contributed by atoms with Crippen molar-refractivity contribution in [2.75, 3.05) is 6.61 Å². The third-order valence-electron chi connectivity index (χ3n) is 6.93. The molecule has 39 heavy (non-hydrogen) atoms. The largest absolute Gasteiger partial charge is 1.00 e. The first-order valence-electron chi connectivity index (χ1n) is 12.4. The molecule has 0 spiro atoms. The maximum atomic E-state index is 12.2. The molecule has 4 rings (SSSR count). The summed E-state index contributed by atoms with van der Waals surface area (Å²) in [6.45, 7) is 7.98. The monoisotopic (exact) mass is 563 g/mol. The average molecular weight is 564 g/mol. The van der Waals surface area contributed by atoms with Gasteiger partial charge >= 0.3 is 41.5 Å². The topological polar surface area (TPSA) is 130 Å². The van der Waals surface area contributed by atoms with Gasteiger partial charge in [-0.3, -0.25) is 9.59 Å². The number of rotatable bonds is 9. The standard InChI is InChI=1S/C28H31NO8S.Na/c1-15-16(2)25-20(17(3)24(15)36-23(32)10-9-22(30)31)11-12-28(4,37-25)14-35-19-7-5-18(6-8-19)13-21-26(33)29-27(34)38-21;/h5-8,21H,9-14H2,1-4H3,(H2,29,30,31,33,34);/q;+1/p-1. The molecule has 0 saturated carbocycles. The van der Waals surface area contributed by atoms with Crippen LogP contribution in [0.4, 0.5) is 4.79 Å². The van der Waals surface area contributed by atoms with Crippen LogP contribution in [0, 0.1) is 20.8 Å². The molecule has 9 nitrogen and oxygen atoms in total. The van der Waals surface area contributed by atoms with E-state index in [1.165, 1.54) is 0 Å². The SMILES string of the molecule is Cc1c(C)c2c(c(C)c1OC(=O)CCC(=O)O)CCC(C)(COc1ccc(CC3SC(=O)[N-]C3=O)cc1)O2.[Na+]. The number of benzene rings is 2. The van der Waals surface area contributed by atoms with Crippen molar-refractivity contribution in [3.63, 3.8) is 0 Å². The van der Waals surface area contributed by atoms with Gasteiger partial charge in [-0.05, 0) is 81.3 Å². The fourth-order valence-corrected chi connectivity index (χ4v) is 5.39. The number of amides is 2. The zero-order chi connectivity index (χ0) is 27.6. The van der Waals surface area contributed by atoms with E-state index in [2.05, 4.69) is 5.32 Å². The second kappa shape index (κ2) is 12.8. The zero-order valence-corrected chi connectivity index (χ0v) is 25.6. The van der Waals surface area contributed by atoms with Crippen LogP contribution in [0.5, 0.6) is 17.2 Å². The van der Waals surface area contributed by atoms with E-state index in [0.717, 1.165) is 45.3 Å². The number of ether oxygens (including phenoxy) is 3. The first-order valence-corrected chi connectivity index (χ1v) is 13.3. The van der Waals surface area contributed by atoms with E-state index < -0.39 is 28.0 Å². The number of hydrogen-bond acceptors (Lipinski definition) is 8. The van der Waals surface area contributed by atoms with Crippen LogP contribution >= 0.6 is 11.8 Å². The van der Waals surface area contributed by atoms with E-state index in [-0.39, 0.29) is 48.3 Å². The molecule has 2 amide bonds. The predicted octanol–water partition coefficient (Wildman–Crippen LogP) is 2.23. The predicted molar refractivity (Wildman–Crippen MR) is 141 cm³/mol. The van der Waals surface area contributed by atoms with Crippen LogP contribution < -0.4 is 43.8 Å². The molecule has 1 N–H and O–H groups in total. The van der Waals surface area contributed by atoms with Gasteiger partial charge in [0.05, 0.1) is 24.0 Å². The summed E-state index contributed by atoms with van der Waals surface area (Å²) in [4.78, 5) is 46.0. The Morgan fingerprint density at radius 2 is 1.79 bits per heavy atom. The number of carbonyl (C=O) groups is 4. The summed E-state index contributed by atoms with van der Waals surface area (Å²) in [5.41, 5.74) is 3.78. The second-order valence-electron chi connectivity index (χ2n) is 9.89. The number of fused-ring (bicyclic) bond motifs is 1. The van der Waals surface area contributed by atoms with E-state index in [1.807, 2.05) is 52.0 Å². The Kier molecular flexibility index (Phi) is 10.1. The van der Waals surface area contributed by atoms with Crippen LogP contribution in [0.1, 0.15) is 54.0 Å². The normalized spacial score (nSPS) is 19.8. The van der Waals surface area contributed by atoms with Gasteiger partial charge in [0.2, 0.25) is 0 Å². The number of thioether (sulfide) groups is 1. The van der Waals surface area contributed by atoms with E-state index in [0.29, 0.717) is 37.4 Å². The van der Waals surface area contributed by atoms with Crippen molar-refractivity contribution in [3.05, 3.63) is 57.4 Å². The molecule has 202 valence electrons. The maximum Gasteiger partial charge on any atom is 1.00 e. The van der Waals surface area contributed by atoms with Crippen LogP contribution in [0.2, 0.25) is 0 Å². The molecule has 11 heteroatoms. The molecule has 2 atom stereocenters. The number of esters is 1. The van der Waals surface area contributed by atoms with Gasteiger partial charge in [-0.25, -0.2) is 0 Å². The van der Waals surface area contributed by atoms with Crippen LogP contribution in [0.25, 0.3) is 5.32 Å². The number of nitrogens with zero attached hydrogens (tertiary/aromatic N) is 1. The Morgan fingerprint density at radius 1 is 1.10 bits per heavy atom. The molecule has 2 unspecified atom stereocenters. The molecule has 2 aromatic carbocycles. The van der Waals surface area contributed by atoms with Crippen LogP contribution in [0.15, 0.2) is 24.3 Å². The van der Waals surface area contributed by atoms with Crippen molar-refractivity contribution in [2.45, 2.75) is 70.7 Å². The number of hydrogen-bond donors (Lipinski definition) is 1. The van der Waals surface area contributed by atoms with Gasteiger partial charge in [0.1, 0.15) is 34.7 Å². The minimum absolute atomic E-state index is 0. The summed E-state index contributed by atoms with van der Waals surface area (Å²) in [6.07, 6.45) is 1.36. The quantitative estimate of drug-likeness (QED) is 0.277. The number of aliphatic carboxylic acids is 1. The van der Waals surface area contributed by atoms with Crippen molar-refractivity contribution in [1.82, 2.24) is 0 Å². The van der Waals surface area contributed by atoms with Gasteiger partial charge in [-0.1, -0.05) is 23.9 Å². The Morgan fingerprint density at radius 3 is 2.41 bits per heavy atom. The number of carboxylic acid groups (broad SMARTS) is 1. The summed E-state index contributed by atoms with van der Waals surface area (Å²) in [5, 5.41) is 11.4. The third kappa shape index (κ3) is 7.36. The third-order valence-corrected chi connectivity index (χ3v) is 7.88. The summed E-state index contributed by atoms with van der Waals surface area (Å²) < 4.78 is 18.1. The molecule has 0 bridgehead atoms.